The van der Waals surface area contributed by atoms with Crippen LogP contribution in [0.1, 0.15) is 50.0 Å². The lowest BCUT2D eigenvalue weighted by atomic mass is 10.1. The standard InChI is InChI=1S/C24H30N4O4/c29-22(25-18-12-6-2-7-13-18)15-9-3-8-14-20(23(30)28-32)26-24(31)27-21-16-19(21)17-10-4-1-5-11-17/h1-2,4-7,10-13,19-21,32H,3,8-9,14-16H2,(H,25,29)(H,28,30)(H2,26,27,31)/t19?,20-,21?/m0/s1. The summed E-state index contributed by atoms with van der Waals surface area (Å²) in [5.41, 5.74) is 3.56. The van der Waals surface area contributed by atoms with Crippen LogP contribution in [0.25, 0.3) is 0 Å². The van der Waals surface area contributed by atoms with Crippen molar-refractivity contribution in [2.45, 2.75) is 56.5 Å². The van der Waals surface area contributed by atoms with Crippen LogP contribution in [0.5, 0.6) is 0 Å². The molecule has 170 valence electrons. The van der Waals surface area contributed by atoms with Crippen LogP contribution in [0.2, 0.25) is 0 Å². The van der Waals surface area contributed by atoms with Gasteiger partial charge in [0.25, 0.3) is 5.91 Å². The molecule has 8 nitrogen and oxygen atoms in total. The van der Waals surface area contributed by atoms with Gasteiger partial charge in [0.1, 0.15) is 6.04 Å². The van der Waals surface area contributed by atoms with Crippen LogP contribution in [0, 0.1) is 0 Å². The van der Waals surface area contributed by atoms with Crippen molar-refractivity contribution in [1.82, 2.24) is 16.1 Å². The number of rotatable bonds is 11. The average molecular weight is 439 g/mol. The summed E-state index contributed by atoms with van der Waals surface area (Å²) < 4.78 is 0. The Hall–Kier alpha value is -3.39. The van der Waals surface area contributed by atoms with Crippen LogP contribution < -0.4 is 21.4 Å². The Kier molecular flexibility index (Phi) is 8.62. The molecule has 1 saturated carbocycles. The number of hydrogen-bond donors (Lipinski definition) is 5. The highest BCUT2D eigenvalue weighted by Crippen LogP contribution is 2.40. The molecule has 0 heterocycles. The summed E-state index contributed by atoms with van der Waals surface area (Å²) in [7, 11) is 0. The maximum Gasteiger partial charge on any atom is 0.315 e. The first-order chi connectivity index (χ1) is 15.6. The fourth-order valence-corrected chi connectivity index (χ4v) is 3.69. The Morgan fingerprint density at radius 1 is 0.938 bits per heavy atom. The van der Waals surface area contributed by atoms with E-state index in [4.69, 9.17) is 5.21 Å². The van der Waals surface area contributed by atoms with Gasteiger partial charge in [0.2, 0.25) is 5.91 Å². The van der Waals surface area contributed by atoms with Gasteiger partial charge in [-0.05, 0) is 37.0 Å². The number of nitrogens with one attached hydrogen (secondary N) is 4. The third-order valence-corrected chi connectivity index (χ3v) is 5.52. The smallest absolute Gasteiger partial charge is 0.315 e. The molecule has 3 atom stereocenters. The second-order valence-corrected chi connectivity index (χ2v) is 8.02. The van der Waals surface area contributed by atoms with Gasteiger partial charge in [-0.3, -0.25) is 14.8 Å². The molecule has 3 rings (SSSR count). The predicted molar refractivity (Wildman–Crippen MR) is 121 cm³/mol. The molecule has 1 aliphatic rings. The summed E-state index contributed by atoms with van der Waals surface area (Å²) in [6.45, 7) is 0. The van der Waals surface area contributed by atoms with Crippen LogP contribution >= 0.6 is 0 Å². The van der Waals surface area contributed by atoms with Crippen LogP contribution in [0.4, 0.5) is 10.5 Å². The average Bonchev–Trinajstić information content (AvgIpc) is 3.57. The van der Waals surface area contributed by atoms with E-state index in [1.165, 1.54) is 5.56 Å². The second kappa shape index (κ2) is 11.9. The molecule has 8 heteroatoms. The van der Waals surface area contributed by atoms with Crippen molar-refractivity contribution < 1.29 is 19.6 Å². The highest BCUT2D eigenvalue weighted by molar-refractivity contribution is 5.90. The molecule has 0 aliphatic heterocycles. The molecular formula is C24H30N4O4. The number of unbranched alkanes of at least 4 members (excludes halogenated alkanes) is 2. The molecule has 1 aliphatic carbocycles. The number of hydrogen-bond acceptors (Lipinski definition) is 4. The van der Waals surface area contributed by atoms with Gasteiger partial charge in [-0.25, -0.2) is 10.3 Å². The van der Waals surface area contributed by atoms with Crippen LogP contribution in [0.3, 0.4) is 0 Å². The maximum atomic E-state index is 12.3. The van der Waals surface area contributed by atoms with Gasteiger partial charge in [0.15, 0.2) is 0 Å². The normalized spacial score (nSPS) is 17.7. The van der Waals surface area contributed by atoms with Gasteiger partial charge < -0.3 is 16.0 Å². The molecule has 0 saturated heterocycles. The monoisotopic (exact) mass is 438 g/mol. The number of benzene rings is 2. The van der Waals surface area contributed by atoms with Gasteiger partial charge in [-0.2, -0.15) is 0 Å². The molecule has 4 amide bonds. The number of anilines is 1. The molecule has 2 unspecified atom stereocenters. The van der Waals surface area contributed by atoms with Crippen molar-refractivity contribution in [3.8, 4) is 0 Å². The van der Waals surface area contributed by atoms with Crippen LogP contribution in [0.15, 0.2) is 60.7 Å². The Labute approximate surface area is 187 Å². The number of amides is 4. The van der Waals surface area contributed by atoms with E-state index in [0.29, 0.717) is 25.7 Å². The van der Waals surface area contributed by atoms with Gasteiger partial charge >= 0.3 is 6.03 Å². The largest absolute Gasteiger partial charge is 0.335 e. The zero-order valence-electron chi connectivity index (χ0n) is 17.9. The summed E-state index contributed by atoms with van der Waals surface area (Å²) in [4.78, 5) is 36.2. The molecule has 32 heavy (non-hydrogen) atoms. The van der Waals surface area contributed by atoms with E-state index in [9.17, 15) is 14.4 Å². The minimum absolute atomic E-state index is 0.0402. The Balaban J connectivity index is 1.34. The summed E-state index contributed by atoms with van der Waals surface area (Å²) in [6, 6.07) is 18.0. The van der Waals surface area contributed by atoms with Crippen molar-refractivity contribution in [1.29, 1.82) is 0 Å². The third-order valence-electron chi connectivity index (χ3n) is 5.52. The first-order valence-corrected chi connectivity index (χ1v) is 11.0. The van der Waals surface area contributed by atoms with Gasteiger partial charge in [0, 0.05) is 24.1 Å². The number of carbonyl (C=O) groups excluding carboxylic acids is 3. The third kappa shape index (κ3) is 7.39. The number of carbonyl (C=O) groups is 3. The summed E-state index contributed by atoms with van der Waals surface area (Å²) in [6.07, 6.45) is 3.63. The van der Waals surface area contributed by atoms with E-state index in [0.717, 1.165) is 18.5 Å². The predicted octanol–water partition coefficient (Wildman–Crippen LogP) is 3.30. The molecular weight excluding hydrogens is 408 g/mol. The first kappa shape index (κ1) is 23.3. The molecule has 1 fully saturated rings. The topological polar surface area (TPSA) is 120 Å². The van der Waals surface area contributed by atoms with Crippen molar-refractivity contribution >= 4 is 23.5 Å². The Morgan fingerprint density at radius 2 is 1.62 bits per heavy atom. The Morgan fingerprint density at radius 3 is 2.31 bits per heavy atom. The zero-order valence-corrected chi connectivity index (χ0v) is 17.9. The first-order valence-electron chi connectivity index (χ1n) is 11.0. The lowest BCUT2D eigenvalue weighted by molar-refractivity contribution is -0.131. The molecule has 0 bridgehead atoms. The molecule has 2 aromatic rings. The summed E-state index contributed by atoms with van der Waals surface area (Å²) in [5.74, 6) is -0.428. The van der Waals surface area contributed by atoms with Gasteiger partial charge in [-0.1, -0.05) is 61.4 Å². The summed E-state index contributed by atoms with van der Waals surface area (Å²) in [5, 5.41) is 17.4. The van der Waals surface area contributed by atoms with Crippen molar-refractivity contribution in [2.75, 3.05) is 5.32 Å². The minimum Gasteiger partial charge on any atom is -0.335 e. The number of urea groups is 1. The lowest BCUT2D eigenvalue weighted by Crippen LogP contribution is -2.50. The molecule has 0 aromatic heterocycles. The number of hydroxylamine groups is 1. The highest BCUT2D eigenvalue weighted by Gasteiger charge is 2.39. The lowest BCUT2D eigenvalue weighted by Gasteiger charge is -2.17. The Bertz CT molecular complexity index is 891. The van der Waals surface area contributed by atoms with Gasteiger partial charge in [0.05, 0.1) is 0 Å². The molecule has 0 radical (unpaired) electrons. The fraction of sp³-hybridized carbons (Fsp3) is 0.375. The van der Waals surface area contributed by atoms with E-state index >= 15 is 0 Å². The van der Waals surface area contributed by atoms with Crippen molar-refractivity contribution in [3.05, 3.63) is 66.2 Å². The number of para-hydroxylation sites is 1. The van der Waals surface area contributed by atoms with E-state index < -0.39 is 18.0 Å². The molecule has 0 spiro atoms. The fourth-order valence-electron chi connectivity index (χ4n) is 3.69. The van der Waals surface area contributed by atoms with Crippen molar-refractivity contribution in [3.63, 3.8) is 0 Å². The minimum atomic E-state index is -0.841. The van der Waals surface area contributed by atoms with E-state index in [1.807, 2.05) is 60.7 Å². The quantitative estimate of drug-likeness (QED) is 0.210. The van der Waals surface area contributed by atoms with Crippen LogP contribution in [-0.4, -0.2) is 35.1 Å². The van der Waals surface area contributed by atoms with Gasteiger partial charge in [-0.15, -0.1) is 0 Å². The molecule has 2 aromatic carbocycles. The van der Waals surface area contributed by atoms with Crippen molar-refractivity contribution in [2.24, 2.45) is 0 Å². The van der Waals surface area contributed by atoms with E-state index in [-0.39, 0.29) is 17.9 Å². The maximum absolute atomic E-state index is 12.3. The second-order valence-electron chi connectivity index (χ2n) is 8.02. The van der Waals surface area contributed by atoms with Crippen LogP contribution in [-0.2, 0) is 9.59 Å². The van der Waals surface area contributed by atoms with E-state index in [1.54, 1.807) is 5.48 Å². The molecule has 5 N–H and O–H groups in total. The summed E-state index contributed by atoms with van der Waals surface area (Å²) >= 11 is 0. The van der Waals surface area contributed by atoms with E-state index in [2.05, 4.69) is 16.0 Å². The SMILES string of the molecule is O=C(CCCCC[C@H](NC(=O)NC1CC1c1ccccc1)C(=O)NO)Nc1ccccc1. The zero-order chi connectivity index (χ0) is 22.8. The highest BCUT2D eigenvalue weighted by atomic mass is 16.5.